The Kier molecular flexibility index (Phi) is 9.00. The summed E-state index contributed by atoms with van der Waals surface area (Å²) < 4.78 is 50.3. The topological polar surface area (TPSA) is 45.2 Å². The molecule has 8 heteroatoms. The molecule has 2 aromatic rings. The maximum Gasteiger partial charge on any atom is 0.416 e. The normalized spacial score (nSPS) is 16.3. The van der Waals surface area contributed by atoms with Gasteiger partial charge in [-0.05, 0) is 35.7 Å². The van der Waals surface area contributed by atoms with E-state index in [0.29, 0.717) is 57.5 Å². The molecule has 1 atom stereocenters. The van der Waals surface area contributed by atoms with E-state index >= 15 is 0 Å². The summed E-state index contributed by atoms with van der Waals surface area (Å²) in [5.74, 6) is 1.23. The number of aliphatic hydroxyl groups excluding tert-OH is 1. The van der Waals surface area contributed by atoms with Gasteiger partial charge in [0.1, 0.15) is 12.4 Å². The number of halogens is 3. The molecule has 0 amide bonds. The van der Waals surface area contributed by atoms with E-state index in [0.717, 1.165) is 17.4 Å². The third-order valence-electron chi connectivity index (χ3n) is 5.72. The zero-order chi connectivity index (χ0) is 23.8. The Balaban J connectivity index is 1.34. The summed E-state index contributed by atoms with van der Waals surface area (Å²) in [6.45, 7) is 8.26. The van der Waals surface area contributed by atoms with Crippen molar-refractivity contribution in [3.8, 4) is 5.75 Å². The van der Waals surface area contributed by atoms with Crippen molar-refractivity contribution in [2.24, 2.45) is 0 Å². The average Bonchev–Trinajstić information content (AvgIpc) is 2.79. The van der Waals surface area contributed by atoms with Crippen molar-refractivity contribution in [2.75, 3.05) is 57.4 Å². The van der Waals surface area contributed by atoms with Crippen molar-refractivity contribution in [1.29, 1.82) is 0 Å². The highest BCUT2D eigenvalue weighted by molar-refractivity contribution is 5.49. The van der Waals surface area contributed by atoms with E-state index in [4.69, 9.17) is 9.47 Å². The number of ether oxygens (including phenoxy) is 2. The van der Waals surface area contributed by atoms with Gasteiger partial charge in [-0.2, -0.15) is 13.2 Å². The summed E-state index contributed by atoms with van der Waals surface area (Å²) in [6, 6.07) is 13.4. The lowest BCUT2D eigenvalue weighted by Crippen LogP contribution is -2.49. The summed E-state index contributed by atoms with van der Waals surface area (Å²) >= 11 is 0. The van der Waals surface area contributed by atoms with Crippen molar-refractivity contribution in [2.45, 2.75) is 32.0 Å². The molecule has 0 aliphatic carbocycles. The number of para-hydroxylation sites is 1. The molecule has 0 saturated carbocycles. The third-order valence-corrected chi connectivity index (χ3v) is 5.72. The number of alkyl halides is 3. The lowest BCUT2D eigenvalue weighted by molar-refractivity contribution is -0.137. The molecule has 2 aromatic carbocycles. The van der Waals surface area contributed by atoms with E-state index in [9.17, 15) is 18.3 Å². The second-order valence-corrected chi connectivity index (χ2v) is 8.61. The highest BCUT2D eigenvalue weighted by Gasteiger charge is 2.31. The molecule has 5 nitrogen and oxygen atoms in total. The first-order chi connectivity index (χ1) is 15.7. The van der Waals surface area contributed by atoms with Crippen molar-refractivity contribution >= 4 is 5.69 Å². The van der Waals surface area contributed by atoms with E-state index in [-0.39, 0.29) is 6.61 Å². The van der Waals surface area contributed by atoms with Crippen LogP contribution >= 0.6 is 0 Å². The first-order valence-electron chi connectivity index (χ1n) is 11.4. The van der Waals surface area contributed by atoms with Crippen LogP contribution in [0.15, 0.2) is 48.5 Å². The molecule has 0 radical (unpaired) electrons. The van der Waals surface area contributed by atoms with E-state index in [1.807, 2.05) is 23.1 Å². The Labute approximate surface area is 193 Å². The van der Waals surface area contributed by atoms with Gasteiger partial charge in [-0.25, -0.2) is 0 Å². The Morgan fingerprint density at radius 1 is 0.970 bits per heavy atom. The zero-order valence-corrected chi connectivity index (χ0v) is 19.2. The van der Waals surface area contributed by atoms with Gasteiger partial charge in [0.15, 0.2) is 0 Å². The van der Waals surface area contributed by atoms with Crippen LogP contribution in [0.2, 0.25) is 0 Å². The van der Waals surface area contributed by atoms with E-state index in [2.05, 4.69) is 24.8 Å². The second-order valence-electron chi connectivity index (χ2n) is 8.61. The number of hydrogen-bond acceptors (Lipinski definition) is 5. The third kappa shape index (κ3) is 7.62. The average molecular weight is 467 g/mol. The minimum atomic E-state index is -4.34. The van der Waals surface area contributed by atoms with Crippen molar-refractivity contribution in [3.63, 3.8) is 0 Å². The maximum absolute atomic E-state index is 13.0. The van der Waals surface area contributed by atoms with Crippen LogP contribution in [0.3, 0.4) is 0 Å². The van der Waals surface area contributed by atoms with Crippen LogP contribution in [0.1, 0.15) is 30.9 Å². The highest BCUT2D eigenvalue weighted by atomic mass is 19.4. The molecular weight excluding hydrogens is 433 g/mol. The minimum Gasteiger partial charge on any atom is -0.491 e. The van der Waals surface area contributed by atoms with Crippen LogP contribution in [-0.2, 0) is 10.9 Å². The molecule has 1 N–H and O–H groups in total. The van der Waals surface area contributed by atoms with Gasteiger partial charge in [0, 0.05) is 38.4 Å². The van der Waals surface area contributed by atoms with Crippen LogP contribution in [0.4, 0.5) is 18.9 Å². The fraction of sp³-hybridized carbons (Fsp3) is 0.520. The molecule has 1 aliphatic rings. The number of anilines is 1. The van der Waals surface area contributed by atoms with Crippen LogP contribution in [0.5, 0.6) is 5.75 Å². The zero-order valence-electron chi connectivity index (χ0n) is 19.2. The quantitative estimate of drug-likeness (QED) is 0.526. The highest BCUT2D eigenvalue weighted by Crippen LogP contribution is 2.32. The second kappa shape index (κ2) is 11.7. The molecule has 0 aromatic heterocycles. The maximum atomic E-state index is 13.0. The first kappa shape index (κ1) is 25.3. The minimum absolute atomic E-state index is 0.211. The van der Waals surface area contributed by atoms with Gasteiger partial charge in [0.2, 0.25) is 0 Å². The van der Waals surface area contributed by atoms with Gasteiger partial charge in [0.25, 0.3) is 0 Å². The molecule has 1 fully saturated rings. The Morgan fingerprint density at radius 2 is 1.70 bits per heavy atom. The number of aliphatic hydroxyl groups is 1. The number of β-amino-alcohol motifs (C(OH)–C–C–N with tert-alkyl or cyclic N) is 1. The number of benzene rings is 2. The fourth-order valence-corrected chi connectivity index (χ4v) is 3.94. The molecular formula is C25H33F3N2O3. The van der Waals surface area contributed by atoms with Gasteiger partial charge in [-0.15, -0.1) is 0 Å². The van der Waals surface area contributed by atoms with Gasteiger partial charge >= 0.3 is 6.18 Å². The lowest BCUT2D eigenvalue weighted by Gasteiger charge is -2.37. The number of hydrogen-bond donors (Lipinski definition) is 1. The summed E-state index contributed by atoms with van der Waals surface area (Å²) in [7, 11) is 0. The molecule has 1 aliphatic heterocycles. The van der Waals surface area contributed by atoms with Crippen LogP contribution in [-0.4, -0.2) is 68.7 Å². The largest absolute Gasteiger partial charge is 0.491 e. The molecule has 0 spiro atoms. The first-order valence-corrected chi connectivity index (χ1v) is 11.4. The molecule has 1 heterocycles. The monoisotopic (exact) mass is 466 g/mol. The van der Waals surface area contributed by atoms with Crippen molar-refractivity contribution < 1.29 is 27.8 Å². The van der Waals surface area contributed by atoms with Crippen LogP contribution in [0.25, 0.3) is 0 Å². The fourth-order valence-electron chi connectivity index (χ4n) is 3.94. The van der Waals surface area contributed by atoms with Gasteiger partial charge in [-0.1, -0.05) is 38.1 Å². The Morgan fingerprint density at radius 3 is 2.39 bits per heavy atom. The Hall–Kier alpha value is -2.29. The van der Waals surface area contributed by atoms with E-state index in [1.165, 1.54) is 12.1 Å². The number of rotatable bonds is 10. The SMILES string of the molecule is CC(C)c1ccccc1OCCOC[C@H](O)CN1CCN(c2cccc(C(F)(F)F)c2)CC1. The van der Waals surface area contributed by atoms with Crippen LogP contribution < -0.4 is 9.64 Å². The van der Waals surface area contributed by atoms with Gasteiger partial charge in [-0.3, -0.25) is 4.90 Å². The van der Waals surface area contributed by atoms with E-state index < -0.39 is 17.8 Å². The molecule has 182 valence electrons. The number of nitrogens with zero attached hydrogens (tertiary/aromatic N) is 2. The molecule has 1 saturated heterocycles. The van der Waals surface area contributed by atoms with Gasteiger partial charge in [0.05, 0.1) is 24.9 Å². The predicted molar refractivity (Wildman–Crippen MR) is 123 cm³/mol. The predicted octanol–water partition coefficient (Wildman–Crippen LogP) is 4.41. The van der Waals surface area contributed by atoms with Crippen LogP contribution in [0, 0.1) is 0 Å². The Bertz CT molecular complexity index is 868. The number of piperazine rings is 1. The summed E-state index contributed by atoms with van der Waals surface area (Å²) in [5.41, 5.74) is 1.10. The smallest absolute Gasteiger partial charge is 0.416 e. The summed E-state index contributed by atoms with van der Waals surface area (Å²) in [5, 5.41) is 10.3. The summed E-state index contributed by atoms with van der Waals surface area (Å²) in [4.78, 5) is 4.05. The lowest BCUT2D eigenvalue weighted by atomic mass is 10.0. The van der Waals surface area contributed by atoms with Gasteiger partial charge < -0.3 is 19.5 Å². The standard InChI is InChI=1S/C25H33F3N2O3/c1-19(2)23-8-3-4-9-24(23)33-15-14-32-18-22(31)17-29-10-12-30(13-11-29)21-7-5-6-20(16-21)25(26,27)28/h3-9,16,19,22,31H,10-15,17-18H2,1-2H3/t22-/m1/s1. The molecule has 3 rings (SSSR count). The summed E-state index contributed by atoms with van der Waals surface area (Å²) in [6.07, 6.45) is -4.97. The molecule has 33 heavy (non-hydrogen) atoms. The van der Waals surface area contributed by atoms with Crippen molar-refractivity contribution in [3.05, 3.63) is 59.7 Å². The molecule has 0 bridgehead atoms. The molecule has 0 unspecified atom stereocenters. The van der Waals surface area contributed by atoms with Crippen molar-refractivity contribution in [1.82, 2.24) is 4.90 Å². The van der Waals surface area contributed by atoms with E-state index in [1.54, 1.807) is 6.07 Å².